The lowest BCUT2D eigenvalue weighted by Gasteiger charge is -2.33. The minimum absolute atomic E-state index is 0.112. The van der Waals surface area contributed by atoms with E-state index in [0.29, 0.717) is 6.54 Å². The standard InChI is InChI=1S/C15H22FNO2/c1-10(2)13(18)15(3,4)9-17-14(19)11-6-5-7-12(16)8-11/h5-8,10,13,18H,9H2,1-4H3,(H,17,19). The second kappa shape index (κ2) is 6.15. The Morgan fingerprint density at radius 3 is 2.58 bits per heavy atom. The first-order chi connectivity index (χ1) is 8.74. The van der Waals surface area contributed by atoms with E-state index >= 15 is 0 Å². The smallest absolute Gasteiger partial charge is 0.251 e. The molecule has 0 heterocycles. The van der Waals surface area contributed by atoms with Gasteiger partial charge in [-0.25, -0.2) is 4.39 Å². The third kappa shape index (κ3) is 4.31. The first kappa shape index (κ1) is 15.6. The van der Waals surface area contributed by atoms with Crippen LogP contribution in [0.4, 0.5) is 4.39 Å². The molecule has 0 aliphatic rings. The fourth-order valence-corrected chi connectivity index (χ4v) is 2.05. The molecule has 2 N–H and O–H groups in total. The molecule has 19 heavy (non-hydrogen) atoms. The highest BCUT2D eigenvalue weighted by Gasteiger charge is 2.30. The molecule has 1 amide bonds. The molecule has 0 aliphatic heterocycles. The quantitative estimate of drug-likeness (QED) is 0.861. The van der Waals surface area contributed by atoms with E-state index in [1.807, 2.05) is 27.7 Å². The highest BCUT2D eigenvalue weighted by molar-refractivity contribution is 5.94. The maximum absolute atomic E-state index is 13.0. The number of nitrogens with one attached hydrogen (secondary N) is 1. The van der Waals surface area contributed by atoms with E-state index in [2.05, 4.69) is 5.32 Å². The predicted molar refractivity (Wildman–Crippen MR) is 73.4 cm³/mol. The van der Waals surface area contributed by atoms with Gasteiger partial charge >= 0.3 is 0 Å². The molecule has 0 spiro atoms. The monoisotopic (exact) mass is 267 g/mol. The van der Waals surface area contributed by atoms with Crippen LogP contribution in [-0.4, -0.2) is 23.7 Å². The summed E-state index contributed by atoms with van der Waals surface area (Å²) in [7, 11) is 0. The molecule has 1 aromatic rings. The second-order valence-corrected chi connectivity index (χ2v) is 5.87. The Morgan fingerprint density at radius 2 is 2.05 bits per heavy atom. The molecule has 1 unspecified atom stereocenters. The molecule has 106 valence electrons. The summed E-state index contributed by atoms with van der Waals surface area (Å²) < 4.78 is 13.0. The van der Waals surface area contributed by atoms with Crippen molar-refractivity contribution >= 4 is 5.91 Å². The maximum Gasteiger partial charge on any atom is 0.251 e. The van der Waals surface area contributed by atoms with E-state index in [1.54, 1.807) is 6.07 Å². The van der Waals surface area contributed by atoms with Gasteiger partial charge in [-0.3, -0.25) is 4.79 Å². The lowest BCUT2D eigenvalue weighted by atomic mass is 9.80. The summed E-state index contributed by atoms with van der Waals surface area (Å²) in [6, 6.07) is 5.55. The van der Waals surface area contributed by atoms with Crippen molar-refractivity contribution in [1.29, 1.82) is 0 Å². The SMILES string of the molecule is CC(C)C(O)C(C)(C)CNC(=O)c1cccc(F)c1. The van der Waals surface area contributed by atoms with Gasteiger partial charge in [-0.15, -0.1) is 0 Å². The molecule has 1 atom stereocenters. The van der Waals surface area contributed by atoms with Gasteiger partial charge in [-0.2, -0.15) is 0 Å². The van der Waals surface area contributed by atoms with Crippen LogP contribution >= 0.6 is 0 Å². The van der Waals surface area contributed by atoms with E-state index in [9.17, 15) is 14.3 Å². The molecule has 0 radical (unpaired) electrons. The van der Waals surface area contributed by atoms with Gasteiger partial charge in [0.25, 0.3) is 5.91 Å². The summed E-state index contributed by atoms with van der Waals surface area (Å²) in [5.41, 5.74) is -0.146. The Labute approximate surface area is 113 Å². The first-order valence-corrected chi connectivity index (χ1v) is 6.46. The Bertz CT molecular complexity index is 444. The maximum atomic E-state index is 13.0. The van der Waals surface area contributed by atoms with Crippen molar-refractivity contribution in [3.63, 3.8) is 0 Å². The number of hydrogen-bond donors (Lipinski definition) is 2. The van der Waals surface area contributed by atoms with Crippen molar-refractivity contribution in [3.8, 4) is 0 Å². The van der Waals surface area contributed by atoms with Crippen molar-refractivity contribution in [2.24, 2.45) is 11.3 Å². The van der Waals surface area contributed by atoms with Crippen LogP contribution in [0.15, 0.2) is 24.3 Å². The van der Waals surface area contributed by atoms with Crippen LogP contribution in [0.5, 0.6) is 0 Å². The number of carbonyl (C=O) groups is 1. The molecule has 0 saturated heterocycles. The van der Waals surface area contributed by atoms with Crippen LogP contribution < -0.4 is 5.32 Å². The number of amides is 1. The Balaban J connectivity index is 2.64. The van der Waals surface area contributed by atoms with Crippen LogP contribution in [0.3, 0.4) is 0 Å². The van der Waals surface area contributed by atoms with Gasteiger partial charge in [-0.1, -0.05) is 33.8 Å². The van der Waals surface area contributed by atoms with Crippen molar-refractivity contribution < 1.29 is 14.3 Å². The van der Waals surface area contributed by atoms with Crippen LogP contribution in [0.2, 0.25) is 0 Å². The van der Waals surface area contributed by atoms with E-state index in [4.69, 9.17) is 0 Å². The van der Waals surface area contributed by atoms with Crippen molar-refractivity contribution in [3.05, 3.63) is 35.6 Å². The average molecular weight is 267 g/mol. The molecule has 0 fully saturated rings. The van der Waals surface area contributed by atoms with E-state index < -0.39 is 17.3 Å². The molecule has 0 saturated carbocycles. The number of hydrogen-bond acceptors (Lipinski definition) is 2. The number of aliphatic hydroxyl groups is 1. The van der Waals surface area contributed by atoms with Crippen molar-refractivity contribution in [2.45, 2.75) is 33.8 Å². The number of benzene rings is 1. The first-order valence-electron chi connectivity index (χ1n) is 6.46. The molecule has 1 rings (SSSR count). The van der Waals surface area contributed by atoms with E-state index in [0.717, 1.165) is 0 Å². The fraction of sp³-hybridized carbons (Fsp3) is 0.533. The summed E-state index contributed by atoms with van der Waals surface area (Å²) in [5.74, 6) is -0.654. The molecular formula is C15H22FNO2. The third-order valence-electron chi connectivity index (χ3n) is 3.22. The van der Waals surface area contributed by atoms with E-state index in [1.165, 1.54) is 18.2 Å². The van der Waals surface area contributed by atoms with E-state index in [-0.39, 0.29) is 17.4 Å². The average Bonchev–Trinajstić information content (AvgIpc) is 2.35. The predicted octanol–water partition coefficient (Wildman–Crippen LogP) is 2.60. The van der Waals surface area contributed by atoms with Gasteiger partial charge in [-0.05, 0) is 24.1 Å². The highest BCUT2D eigenvalue weighted by Crippen LogP contribution is 2.25. The summed E-state index contributed by atoms with van der Waals surface area (Å²) in [6.07, 6.45) is -0.514. The van der Waals surface area contributed by atoms with Gasteiger partial charge < -0.3 is 10.4 Å². The fourth-order valence-electron chi connectivity index (χ4n) is 2.05. The molecule has 0 bridgehead atoms. The zero-order valence-corrected chi connectivity index (χ0v) is 11.9. The number of rotatable bonds is 5. The van der Waals surface area contributed by atoms with Gasteiger partial charge in [0.1, 0.15) is 5.82 Å². The molecule has 3 nitrogen and oxygen atoms in total. The lowest BCUT2D eigenvalue weighted by molar-refractivity contribution is 0.0138. The van der Waals surface area contributed by atoms with Gasteiger partial charge in [0.05, 0.1) is 6.10 Å². The summed E-state index contributed by atoms with van der Waals surface area (Å²) in [4.78, 5) is 11.9. The third-order valence-corrected chi connectivity index (χ3v) is 3.22. The topological polar surface area (TPSA) is 49.3 Å². The summed E-state index contributed by atoms with van der Waals surface area (Å²) >= 11 is 0. The molecule has 0 aromatic heterocycles. The molecule has 0 aliphatic carbocycles. The van der Waals surface area contributed by atoms with Crippen molar-refractivity contribution in [2.75, 3.05) is 6.54 Å². The lowest BCUT2D eigenvalue weighted by Crippen LogP contribution is -2.43. The zero-order valence-electron chi connectivity index (χ0n) is 11.9. The highest BCUT2D eigenvalue weighted by atomic mass is 19.1. The Morgan fingerprint density at radius 1 is 1.42 bits per heavy atom. The van der Waals surface area contributed by atoms with Crippen LogP contribution in [0.1, 0.15) is 38.1 Å². The van der Waals surface area contributed by atoms with Crippen LogP contribution in [0, 0.1) is 17.2 Å². The number of carbonyl (C=O) groups excluding carboxylic acids is 1. The van der Waals surface area contributed by atoms with Gasteiger partial charge in [0.2, 0.25) is 0 Å². The minimum atomic E-state index is -0.514. The summed E-state index contributed by atoms with van der Waals surface area (Å²) in [6.45, 7) is 7.98. The minimum Gasteiger partial charge on any atom is -0.392 e. The van der Waals surface area contributed by atoms with Crippen molar-refractivity contribution in [1.82, 2.24) is 5.32 Å². The largest absolute Gasteiger partial charge is 0.392 e. The van der Waals surface area contributed by atoms with Gasteiger partial charge in [0, 0.05) is 17.5 Å². The Kier molecular flexibility index (Phi) is 5.06. The molecular weight excluding hydrogens is 245 g/mol. The normalized spacial score (nSPS) is 13.4. The number of halogens is 1. The molecule has 4 heteroatoms. The van der Waals surface area contributed by atoms with Crippen LogP contribution in [0.25, 0.3) is 0 Å². The summed E-state index contributed by atoms with van der Waals surface area (Å²) in [5, 5.41) is 12.8. The zero-order chi connectivity index (χ0) is 14.6. The second-order valence-electron chi connectivity index (χ2n) is 5.87. The molecule has 1 aromatic carbocycles. The number of aliphatic hydroxyl groups excluding tert-OH is 1. The van der Waals surface area contributed by atoms with Gasteiger partial charge in [0.15, 0.2) is 0 Å². The van der Waals surface area contributed by atoms with Crippen LogP contribution in [-0.2, 0) is 0 Å². The Hall–Kier alpha value is -1.42.